The lowest BCUT2D eigenvalue weighted by molar-refractivity contribution is 0.668. The van der Waals surface area contributed by atoms with Gasteiger partial charge < -0.3 is 13.6 Å². The van der Waals surface area contributed by atoms with Gasteiger partial charge in [-0.1, -0.05) is 109 Å². The molecule has 3 heterocycles. The van der Waals surface area contributed by atoms with Crippen LogP contribution in [0.4, 0.5) is 0 Å². The van der Waals surface area contributed by atoms with E-state index in [1.54, 1.807) is 10.6 Å². The van der Waals surface area contributed by atoms with Crippen LogP contribution >= 0.6 is 0 Å². The van der Waals surface area contributed by atoms with E-state index >= 15 is 0 Å². The van der Waals surface area contributed by atoms with Crippen molar-refractivity contribution in [1.82, 2.24) is 9.13 Å². The SMILES string of the molecule is [2H]c1c([2H])c([2H])c2c(c1[2H])c1c([2H])c(-c3ccc4c(c3)c3ccc(-c5ccccc5)cc3n4-c3ccccc3)c([2H])c([2H])c1n2-c1ccc2c(c1)oc1ccccc12. The van der Waals surface area contributed by atoms with Crippen LogP contribution in [-0.4, -0.2) is 9.13 Å². The summed E-state index contributed by atoms with van der Waals surface area (Å²) in [6, 6.07) is 43.8. The van der Waals surface area contributed by atoms with Crippen LogP contribution in [0.5, 0.6) is 0 Å². The van der Waals surface area contributed by atoms with Crippen LogP contribution in [0, 0.1) is 0 Å². The van der Waals surface area contributed by atoms with Crippen molar-refractivity contribution in [2.24, 2.45) is 0 Å². The molecule has 0 saturated carbocycles. The first-order valence-corrected chi connectivity index (χ1v) is 16.9. The largest absolute Gasteiger partial charge is 0.456 e. The molecule has 0 aliphatic heterocycles. The second-order valence-corrected chi connectivity index (χ2v) is 12.8. The highest BCUT2D eigenvalue weighted by Gasteiger charge is 2.17. The number of furan rings is 1. The molecule has 0 radical (unpaired) electrons. The van der Waals surface area contributed by atoms with Crippen LogP contribution in [0.3, 0.4) is 0 Å². The first-order chi connectivity index (χ1) is 28.2. The highest BCUT2D eigenvalue weighted by molar-refractivity contribution is 6.13. The molecule has 0 saturated heterocycles. The molecule has 0 N–H and O–H groups in total. The molecular formula is C48H30N2O. The highest BCUT2D eigenvalue weighted by atomic mass is 16.3. The lowest BCUT2D eigenvalue weighted by atomic mass is 9.99. The molecule has 51 heavy (non-hydrogen) atoms. The monoisotopic (exact) mass is 657 g/mol. The number of hydrogen-bond donors (Lipinski definition) is 0. The van der Waals surface area contributed by atoms with Gasteiger partial charge >= 0.3 is 0 Å². The number of hydrogen-bond acceptors (Lipinski definition) is 1. The van der Waals surface area contributed by atoms with Crippen molar-refractivity contribution < 1.29 is 14.0 Å². The maximum absolute atomic E-state index is 9.81. The summed E-state index contributed by atoms with van der Waals surface area (Å²) in [7, 11) is 0. The molecule has 11 rings (SSSR count). The summed E-state index contributed by atoms with van der Waals surface area (Å²) < 4.78 is 74.4. The number of nitrogens with zero attached hydrogens (tertiary/aromatic N) is 2. The number of benzene rings is 8. The van der Waals surface area contributed by atoms with E-state index in [4.69, 9.17) is 9.90 Å². The lowest BCUT2D eigenvalue weighted by Gasteiger charge is -2.10. The third kappa shape index (κ3) is 4.25. The van der Waals surface area contributed by atoms with Crippen LogP contribution in [0.2, 0.25) is 0 Å². The minimum absolute atomic E-state index is 0.0906. The van der Waals surface area contributed by atoms with Gasteiger partial charge in [-0.2, -0.15) is 0 Å². The van der Waals surface area contributed by atoms with Gasteiger partial charge in [0.2, 0.25) is 0 Å². The van der Waals surface area contributed by atoms with E-state index in [1.807, 2.05) is 91.0 Å². The topological polar surface area (TPSA) is 23.0 Å². The van der Waals surface area contributed by atoms with E-state index in [0.717, 1.165) is 49.4 Å². The van der Waals surface area contributed by atoms with Crippen molar-refractivity contribution in [3.8, 4) is 33.6 Å². The van der Waals surface area contributed by atoms with E-state index in [-0.39, 0.29) is 57.6 Å². The molecule has 0 amide bonds. The molecule has 8 aromatic carbocycles. The van der Waals surface area contributed by atoms with Crippen LogP contribution in [0.25, 0.3) is 99.2 Å². The Morgan fingerprint density at radius 2 is 1.08 bits per heavy atom. The molecule has 0 fully saturated rings. The molecule has 3 aromatic heterocycles. The van der Waals surface area contributed by atoms with E-state index in [2.05, 4.69) is 47.0 Å². The zero-order valence-corrected chi connectivity index (χ0v) is 27.1. The Kier molecular flexibility index (Phi) is 4.67. The molecule has 0 atom stereocenters. The molecule has 0 bridgehead atoms. The summed E-state index contributed by atoms with van der Waals surface area (Å²) in [5.41, 5.74) is 7.89. The Bertz CT molecular complexity index is 3530. The van der Waals surface area contributed by atoms with Crippen LogP contribution in [0.1, 0.15) is 9.60 Å². The Morgan fingerprint density at radius 3 is 1.98 bits per heavy atom. The standard InChI is InChI=1S/C48H30N2O/c1-3-11-31(12-4-1)34-19-23-38-42-28-33(20-25-44(42)49(46(38)29-34)35-13-5-2-6-14-35)32-21-26-45-41(27-32)37-15-7-9-17-43(37)50(45)36-22-24-40-39-16-8-10-18-47(39)51-48(40)30-36/h1-30H/i7D,9D,15D,17D,21D,26D,27D. The van der Waals surface area contributed by atoms with E-state index in [1.165, 1.54) is 0 Å². The summed E-state index contributed by atoms with van der Waals surface area (Å²) in [6.45, 7) is 0. The molecule has 3 nitrogen and oxygen atoms in total. The second kappa shape index (κ2) is 10.8. The van der Waals surface area contributed by atoms with Gasteiger partial charge in [0.1, 0.15) is 11.2 Å². The molecule has 0 aliphatic carbocycles. The van der Waals surface area contributed by atoms with Gasteiger partial charge in [-0.15, -0.1) is 0 Å². The molecular weight excluding hydrogens is 621 g/mol. The molecule has 0 unspecified atom stereocenters. The number of aromatic nitrogens is 2. The first-order valence-electron chi connectivity index (χ1n) is 20.4. The summed E-state index contributed by atoms with van der Waals surface area (Å²) in [5, 5.41) is 4.00. The van der Waals surface area contributed by atoms with Gasteiger partial charge in [0, 0.05) is 49.8 Å². The van der Waals surface area contributed by atoms with Crippen molar-refractivity contribution in [2.45, 2.75) is 0 Å². The fraction of sp³-hybridized carbons (Fsp3) is 0. The van der Waals surface area contributed by atoms with E-state index < -0.39 is 12.1 Å². The predicted octanol–water partition coefficient (Wildman–Crippen LogP) is 13.1. The number of fused-ring (bicyclic) bond motifs is 9. The van der Waals surface area contributed by atoms with E-state index in [9.17, 15) is 4.11 Å². The number of para-hydroxylation sites is 3. The van der Waals surface area contributed by atoms with Crippen LogP contribution in [0.15, 0.2) is 186 Å². The van der Waals surface area contributed by atoms with Gasteiger partial charge in [0.25, 0.3) is 0 Å². The van der Waals surface area contributed by atoms with Gasteiger partial charge in [-0.3, -0.25) is 0 Å². The average molecular weight is 658 g/mol. The minimum atomic E-state index is -0.434. The summed E-state index contributed by atoms with van der Waals surface area (Å²) >= 11 is 0. The van der Waals surface area contributed by atoms with Gasteiger partial charge in [0.15, 0.2) is 0 Å². The third-order valence-electron chi connectivity index (χ3n) is 9.95. The second-order valence-electron chi connectivity index (χ2n) is 12.8. The van der Waals surface area contributed by atoms with Gasteiger partial charge in [-0.05, 0) is 88.9 Å². The Morgan fingerprint density at radius 1 is 0.373 bits per heavy atom. The van der Waals surface area contributed by atoms with Crippen molar-refractivity contribution in [3.63, 3.8) is 0 Å². The van der Waals surface area contributed by atoms with Gasteiger partial charge in [0.05, 0.1) is 31.7 Å². The van der Waals surface area contributed by atoms with Crippen molar-refractivity contribution in [1.29, 1.82) is 0 Å². The number of rotatable bonds is 4. The zero-order valence-electron chi connectivity index (χ0n) is 34.1. The minimum Gasteiger partial charge on any atom is -0.456 e. The fourth-order valence-electron chi connectivity index (χ4n) is 7.61. The maximum Gasteiger partial charge on any atom is 0.137 e. The summed E-state index contributed by atoms with van der Waals surface area (Å²) in [6.07, 6.45) is 0. The quantitative estimate of drug-likeness (QED) is 0.185. The maximum atomic E-state index is 9.81. The van der Waals surface area contributed by atoms with Crippen molar-refractivity contribution in [3.05, 3.63) is 182 Å². The molecule has 0 aliphatic rings. The smallest absolute Gasteiger partial charge is 0.137 e. The van der Waals surface area contributed by atoms with Crippen LogP contribution < -0.4 is 0 Å². The Hall–Kier alpha value is -6.84. The first kappa shape index (κ1) is 22.0. The zero-order chi connectivity index (χ0) is 39.6. The van der Waals surface area contributed by atoms with Gasteiger partial charge in [-0.25, -0.2) is 0 Å². The summed E-state index contributed by atoms with van der Waals surface area (Å²) in [5.74, 6) is 0. The molecule has 3 heteroatoms. The molecule has 238 valence electrons. The predicted molar refractivity (Wildman–Crippen MR) is 213 cm³/mol. The Labute approximate surface area is 303 Å². The van der Waals surface area contributed by atoms with Crippen molar-refractivity contribution >= 4 is 65.6 Å². The van der Waals surface area contributed by atoms with E-state index in [0.29, 0.717) is 22.4 Å². The average Bonchev–Trinajstić information content (AvgIpc) is 3.92. The highest BCUT2D eigenvalue weighted by Crippen LogP contribution is 2.40. The summed E-state index contributed by atoms with van der Waals surface area (Å²) in [4.78, 5) is 0. The molecule has 11 aromatic rings. The van der Waals surface area contributed by atoms with Crippen LogP contribution in [-0.2, 0) is 0 Å². The normalized spacial score (nSPS) is 13.8. The Balaban J connectivity index is 1.20. The fourth-order valence-corrected chi connectivity index (χ4v) is 7.61. The van der Waals surface area contributed by atoms with Crippen molar-refractivity contribution in [2.75, 3.05) is 0 Å². The third-order valence-corrected chi connectivity index (χ3v) is 9.95. The lowest BCUT2D eigenvalue weighted by Crippen LogP contribution is -1.93. The molecule has 0 spiro atoms.